The van der Waals surface area contributed by atoms with Crippen LogP contribution in [0.25, 0.3) is 16.8 Å². The maximum atomic E-state index is 11.5. The van der Waals surface area contributed by atoms with Gasteiger partial charge in [-0.2, -0.15) is 0 Å². The zero-order chi connectivity index (χ0) is 20.7. The fraction of sp³-hybridized carbons (Fsp3) is 0.450. The molecular weight excluding hydrogens is 396 g/mol. The van der Waals surface area contributed by atoms with Crippen LogP contribution in [-0.2, 0) is 19.0 Å². The number of hydrogen-bond acceptors (Lipinski definition) is 8. The molecule has 0 aliphatic heterocycles. The van der Waals surface area contributed by atoms with E-state index in [1.165, 1.54) is 20.3 Å². The smallest absolute Gasteiger partial charge is 0.333 e. The molecule has 152 valence electrons. The van der Waals surface area contributed by atoms with Crippen LogP contribution in [-0.4, -0.2) is 43.4 Å². The predicted octanol–water partition coefficient (Wildman–Crippen LogP) is 4.76. The Balaban J connectivity index is 2.13. The summed E-state index contributed by atoms with van der Waals surface area (Å²) in [4.78, 5) is 20.8. The van der Waals surface area contributed by atoms with Crippen LogP contribution in [0.1, 0.15) is 37.4 Å². The minimum absolute atomic E-state index is 0.171. The van der Waals surface area contributed by atoms with Crippen molar-refractivity contribution in [3.63, 3.8) is 0 Å². The lowest BCUT2D eigenvalue weighted by Crippen LogP contribution is -2.21. The topological polar surface area (TPSA) is 70.5 Å². The van der Waals surface area contributed by atoms with E-state index in [-0.39, 0.29) is 12.0 Å². The lowest BCUT2D eigenvalue weighted by molar-refractivity contribution is -0.135. The number of esters is 1. The third-order valence-electron chi connectivity index (χ3n) is 4.12. The molecule has 2 rings (SSSR count). The Labute approximate surface area is 173 Å². The third-order valence-corrected chi connectivity index (χ3v) is 6.15. The Morgan fingerprint density at radius 3 is 2.39 bits per heavy atom. The van der Waals surface area contributed by atoms with Crippen LogP contribution in [0.15, 0.2) is 28.7 Å². The van der Waals surface area contributed by atoms with Gasteiger partial charge in [-0.3, -0.25) is 0 Å². The third kappa shape index (κ3) is 5.73. The fourth-order valence-electron chi connectivity index (χ4n) is 2.49. The fourth-order valence-corrected chi connectivity index (χ4v) is 4.13. The van der Waals surface area contributed by atoms with Crippen LogP contribution in [0.4, 0.5) is 0 Å². The van der Waals surface area contributed by atoms with Crippen LogP contribution in [0.2, 0.25) is 0 Å². The van der Waals surface area contributed by atoms with Crippen LogP contribution >= 0.6 is 22.7 Å². The number of nitrogens with zero attached hydrogens (tertiary/aromatic N) is 2. The maximum Gasteiger partial charge on any atom is 0.333 e. The SMILES string of the molecule is COC(=O)/C=C(\OC)[C@H](C)C(/C=C/c1csc(-c2csc(C(C)C)n2)n1)OC. The van der Waals surface area contributed by atoms with E-state index in [0.29, 0.717) is 11.7 Å². The van der Waals surface area contributed by atoms with Crippen molar-refractivity contribution in [2.24, 2.45) is 5.92 Å². The summed E-state index contributed by atoms with van der Waals surface area (Å²) in [5.74, 6) is 0.271. The van der Waals surface area contributed by atoms with Crippen molar-refractivity contribution in [3.05, 3.63) is 39.4 Å². The molecule has 1 unspecified atom stereocenters. The van der Waals surface area contributed by atoms with Gasteiger partial charge in [0.15, 0.2) is 0 Å². The van der Waals surface area contributed by atoms with Gasteiger partial charge in [-0.15, -0.1) is 22.7 Å². The second-order valence-electron chi connectivity index (χ2n) is 6.43. The molecule has 0 amide bonds. The molecule has 0 bridgehead atoms. The van der Waals surface area contributed by atoms with Gasteiger partial charge in [0.2, 0.25) is 0 Å². The molecule has 0 spiro atoms. The van der Waals surface area contributed by atoms with Crippen molar-refractivity contribution in [1.82, 2.24) is 9.97 Å². The zero-order valence-corrected chi connectivity index (χ0v) is 18.6. The molecule has 0 aliphatic carbocycles. The molecular formula is C20H26N2O4S2. The van der Waals surface area contributed by atoms with Crippen molar-refractivity contribution in [3.8, 4) is 10.7 Å². The zero-order valence-electron chi connectivity index (χ0n) is 17.0. The largest absolute Gasteiger partial charge is 0.500 e. The first-order valence-corrected chi connectivity index (χ1v) is 10.6. The molecule has 28 heavy (non-hydrogen) atoms. The minimum atomic E-state index is -0.462. The van der Waals surface area contributed by atoms with Gasteiger partial charge >= 0.3 is 5.97 Å². The molecule has 8 heteroatoms. The van der Waals surface area contributed by atoms with Crippen LogP contribution in [0, 0.1) is 5.92 Å². The van der Waals surface area contributed by atoms with Gasteiger partial charge in [0.1, 0.15) is 16.5 Å². The van der Waals surface area contributed by atoms with Crippen molar-refractivity contribution < 1.29 is 19.0 Å². The van der Waals surface area contributed by atoms with E-state index in [2.05, 4.69) is 28.6 Å². The number of hydrogen-bond donors (Lipinski definition) is 0. The Bertz CT molecular complexity index is 839. The molecule has 0 fully saturated rings. The van der Waals surface area contributed by atoms with Gasteiger partial charge < -0.3 is 14.2 Å². The average Bonchev–Trinajstić information content (AvgIpc) is 3.35. The standard InChI is InChI=1S/C20H26N2O4S2/c1-12(2)19-22-15(11-28-19)20-21-14(10-27-20)7-8-16(24-4)13(3)17(25-5)9-18(23)26-6/h7-13,16H,1-6H3/b8-7+,17-9-/t13-,16?/m1/s1. The maximum absolute atomic E-state index is 11.5. The minimum Gasteiger partial charge on any atom is -0.500 e. The van der Waals surface area contributed by atoms with E-state index in [9.17, 15) is 4.79 Å². The molecule has 0 N–H and O–H groups in total. The molecule has 0 aromatic carbocycles. The summed E-state index contributed by atoms with van der Waals surface area (Å²) in [6.45, 7) is 6.19. The van der Waals surface area contributed by atoms with E-state index in [0.717, 1.165) is 21.4 Å². The number of carbonyl (C=O) groups excluding carboxylic acids is 1. The Morgan fingerprint density at radius 1 is 1.07 bits per heavy atom. The molecule has 6 nitrogen and oxygen atoms in total. The van der Waals surface area contributed by atoms with E-state index in [4.69, 9.17) is 9.47 Å². The number of carbonyl (C=O) groups is 1. The predicted molar refractivity (Wildman–Crippen MR) is 113 cm³/mol. The van der Waals surface area contributed by atoms with Crippen molar-refractivity contribution in [2.75, 3.05) is 21.3 Å². The Morgan fingerprint density at radius 2 is 1.82 bits per heavy atom. The van der Waals surface area contributed by atoms with Gasteiger partial charge in [0.05, 0.1) is 37.1 Å². The first kappa shape index (κ1) is 22.3. The van der Waals surface area contributed by atoms with E-state index < -0.39 is 5.97 Å². The van der Waals surface area contributed by atoms with Gasteiger partial charge in [-0.1, -0.05) is 26.8 Å². The summed E-state index contributed by atoms with van der Waals surface area (Å²) in [7, 11) is 4.47. The molecule has 2 atom stereocenters. The summed E-state index contributed by atoms with van der Waals surface area (Å²) < 4.78 is 15.6. The van der Waals surface area contributed by atoms with E-state index in [1.54, 1.807) is 29.8 Å². The Hall–Kier alpha value is -2.03. The first-order chi connectivity index (χ1) is 13.4. The van der Waals surface area contributed by atoms with E-state index >= 15 is 0 Å². The number of rotatable bonds is 9. The second-order valence-corrected chi connectivity index (χ2v) is 8.17. The quantitative estimate of drug-likeness (QED) is 0.330. The molecule has 0 aliphatic rings. The monoisotopic (exact) mass is 422 g/mol. The normalized spacial score (nSPS) is 14.5. The van der Waals surface area contributed by atoms with Gasteiger partial charge in [0.25, 0.3) is 0 Å². The lowest BCUT2D eigenvalue weighted by atomic mass is 10.0. The molecule has 2 aromatic heterocycles. The highest BCUT2D eigenvalue weighted by molar-refractivity contribution is 7.14. The van der Waals surface area contributed by atoms with Crippen LogP contribution < -0.4 is 0 Å². The summed E-state index contributed by atoms with van der Waals surface area (Å²) in [6, 6.07) is 0. The van der Waals surface area contributed by atoms with E-state index in [1.807, 2.05) is 29.8 Å². The second kappa shape index (κ2) is 10.5. The highest BCUT2D eigenvalue weighted by Gasteiger charge is 2.20. The summed E-state index contributed by atoms with van der Waals surface area (Å²) in [6.07, 6.45) is 4.87. The average molecular weight is 423 g/mol. The Kier molecular flexibility index (Phi) is 8.35. The first-order valence-electron chi connectivity index (χ1n) is 8.85. The van der Waals surface area contributed by atoms with Crippen molar-refractivity contribution >= 4 is 34.7 Å². The molecule has 0 saturated carbocycles. The molecule has 2 aromatic rings. The highest BCUT2D eigenvalue weighted by atomic mass is 32.1. The van der Waals surface area contributed by atoms with Crippen molar-refractivity contribution in [1.29, 1.82) is 0 Å². The van der Waals surface area contributed by atoms with Crippen LogP contribution in [0.3, 0.4) is 0 Å². The molecule has 2 heterocycles. The summed E-state index contributed by atoms with van der Waals surface area (Å²) >= 11 is 3.22. The number of methoxy groups -OCH3 is 3. The van der Waals surface area contributed by atoms with Gasteiger partial charge in [-0.25, -0.2) is 14.8 Å². The molecule has 0 saturated heterocycles. The summed E-state index contributed by atoms with van der Waals surface area (Å²) in [5, 5.41) is 6.04. The number of ether oxygens (including phenoxy) is 3. The lowest BCUT2D eigenvalue weighted by Gasteiger charge is -2.21. The summed E-state index contributed by atoms with van der Waals surface area (Å²) in [5.41, 5.74) is 1.75. The number of thiazole rings is 2. The van der Waals surface area contributed by atoms with Gasteiger partial charge in [-0.05, 0) is 6.08 Å². The number of aromatic nitrogens is 2. The molecule has 0 radical (unpaired) electrons. The van der Waals surface area contributed by atoms with Crippen LogP contribution in [0.5, 0.6) is 0 Å². The van der Waals surface area contributed by atoms with Gasteiger partial charge in [0, 0.05) is 29.7 Å². The van der Waals surface area contributed by atoms with Crippen molar-refractivity contribution in [2.45, 2.75) is 32.8 Å². The highest BCUT2D eigenvalue weighted by Crippen LogP contribution is 2.29.